The van der Waals surface area contributed by atoms with Crippen molar-refractivity contribution in [2.24, 2.45) is 0 Å². The van der Waals surface area contributed by atoms with Gasteiger partial charge in [-0.1, -0.05) is 36.4 Å². The number of hydrogen-bond donors (Lipinski definition) is 0. The molecule has 1 atom stereocenters. The quantitative estimate of drug-likeness (QED) is 0.360. The number of Topliss-reactive ketones (excluding diaryl/α,β-unsaturated/α-hetero) is 1. The molecule has 144 valence electrons. The molecular weight excluding hydrogens is 382 g/mol. The van der Waals surface area contributed by atoms with Crippen molar-refractivity contribution in [2.75, 3.05) is 0 Å². The highest BCUT2D eigenvalue weighted by Gasteiger charge is 2.36. The van der Waals surface area contributed by atoms with Gasteiger partial charge in [0.25, 0.3) is 0 Å². The van der Waals surface area contributed by atoms with Crippen LogP contribution >= 0.6 is 7.82 Å². The lowest BCUT2D eigenvalue weighted by molar-refractivity contribution is 0.0761. The molecule has 3 rings (SSSR count). The summed E-state index contributed by atoms with van der Waals surface area (Å²) >= 11 is 0. The molecule has 3 aromatic rings. The van der Waals surface area contributed by atoms with E-state index in [1.807, 2.05) is 0 Å². The first-order valence-corrected chi connectivity index (χ1v) is 9.99. The minimum Gasteiger partial charge on any atom is -0.395 e. The zero-order chi connectivity index (χ0) is 20.0. The highest BCUT2D eigenvalue weighted by Crippen LogP contribution is 2.50. The van der Waals surface area contributed by atoms with E-state index in [4.69, 9.17) is 13.6 Å². The van der Waals surface area contributed by atoms with Crippen LogP contribution in [0.25, 0.3) is 0 Å². The third-order valence-corrected chi connectivity index (χ3v) is 5.15. The predicted molar refractivity (Wildman–Crippen MR) is 103 cm³/mol. The summed E-state index contributed by atoms with van der Waals surface area (Å²) in [6, 6.07) is 21.7. The standard InChI is InChI=1S/C21H18FO5P/c1-16(21(23)17-12-14-18(22)15-13-17)25-28(24,26-19-8-4-2-5-9-19)27-20-10-6-3-7-11-20/h2-16H,1H3/t16-/m1/s1. The molecule has 0 aliphatic carbocycles. The molecule has 3 aromatic carbocycles. The first-order chi connectivity index (χ1) is 13.5. The third kappa shape index (κ3) is 5.28. The Balaban J connectivity index is 1.82. The normalized spacial score (nSPS) is 12.2. The smallest absolute Gasteiger partial charge is 0.395 e. The van der Waals surface area contributed by atoms with Crippen LogP contribution in [0.1, 0.15) is 17.3 Å². The van der Waals surface area contributed by atoms with Crippen molar-refractivity contribution in [2.45, 2.75) is 13.0 Å². The number of halogens is 1. The van der Waals surface area contributed by atoms with Crippen molar-refractivity contribution in [3.05, 3.63) is 96.3 Å². The van der Waals surface area contributed by atoms with E-state index >= 15 is 0 Å². The second kappa shape index (κ2) is 8.83. The van der Waals surface area contributed by atoms with Gasteiger partial charge >= 0.3 is 7.82 Å². The minimum absolute atomic E-state index is 0.222. The Kier molecular flexibility index (Phi) is 6.24. The molecule has 0 aromatic heterocycles. The van der Waals surface area contributed by atoms with E-state index in [2.05, 4.69) is 0 Å². The van der Waals surface area contributed by atoms with Crippen molar-refractivity contribution in [1.82, 2.24) is 0 Å². The van der Waals surface area contributed by atoms with E-state index in [1.165, 1.54) is 31.2 Å². The molecule has 0 bridgehead atoms. The Morgan fingerprint density at radius 2 is 1.29 bits per heavy atom. The number of hydrogen-bond acceptors (Lipinski definition) is 5. The summed E-state index contributed by atoms with van der Waals surface area (Å²) in [6.45, 7) is 1.43. The Bertz CT molecular complexity index is 916. The fourth-order valence-corrected chi connectivity index (χ4v) is 3.74. The minimum atomic E-state index is -4.20. The number of rotatable bonds is 8. The van der Waals surface area contributed by atoms with Crippen molar-refractivity contribution in [1.29, 1.82) is 0 Å². The molecule has 28 heavy (non-hydrogen) atoms. The molecule has 0 aliphatic rings. The first-order valence-electron chi connectivity index (χ1n) is 8.53. The summed E-state index contributed by atoms with van der Waals surface area (Å²) in [5.41, 5.74) is 0.222. The van der Waals surface area contributed by atoms with Crippen molar-refractivity contribution < 1.29 is 27.3 Å². The average molecular weight is 400 g/mol. The van der Waals surface area contributed by atoms with Crippen LogP contribution < -0.4 is 9.05 Å². The molecule has 7 heteroatoms. The lowest BCUT2D eigenvalue weighted by atomic mass is 10.1. The van der Waals surface area contributed by atoms with E-state index in [1.54, 1.807) is 60.7 Å². The maximum Gasteiger partial charge on any atom is 0.588 e. The zero-order valence-electron chi connectivity index (χ0n) is 15.0. The predicted octanol–water partition coefficient (Wildman–Crippen LogP) is 5.68. The third-order valence-electron chi connectivity index (χ3n) is 3.71. The number of phosphoric ester groups is 1. The lowest BCUT2D eigenvalue weighted by Crippen LogP contribution is -2.22. The van der Waals surface area contributed by atoms with Gasteiger partial charge in [0.2, 0.25) is 0 Å². The average Bonchev–Trinajstić information content (AvgIpc) is 2.69. The molecule has 0 fully saturated rings. The number of carbonyl (C=O) groups is 1. The van der Waals surface area contributed by atoms with Crippen molar-refractivity contribution in [3.63, 3.8) is 0 Å². The SMILES string of the molecule is C[C@@H](OP(=O)(Oc1ccccc1)Oc1ccccc1)C(=O)c1ccc(F)cc1. The summed E-state index contributed by atoms with van der Waals surface area (Å²) in [5.74, 6) is -0.407. The van der Waals surface area contributed by atoms with Gasteiger partial charge in [-0.05, 0) is 55.5 Å². The van der Waals surface area contributed by atoms with Gasteiger partial charge in [-0.25, -0.2) is 8.96 Å². The fourth-order valence-electron chi connectivity index (χ4n) is 2.37. The van der Waals surface area contributed by atoms with Crippen molar-refractivity contribution >= 4 is 13.6 Å². The van der Waals surface area contributed by atoms with Gasteiger partial charge in [0.05, 0.1) is 0 Å². The van der Waals surface area contributed by atoms with Crippen molar-refractivity contribution in [3.8, 4) is 11.5 Å². The maximum absolute atomic E-state index is 13.3. The maximum atomic E-state index is 13.3. The molecule has 0 heterocycles. The highest BCUT2D eigenvalue weighted by molar-refractivity contribution is 7.49. The van der Waals surface area contributed by atoms with E-state index in [0.717, 1.165) is 0 Å². The van der Waals surface area contributed by atoms with E-state index in [0.29, 0.717) is 0 Å². The second-order valence-electron chi connectivity index (χ2n) is 5.87. The van der Waals surface area contributed by atoms with Gasteiger partial charge in [0.15, 0.2) is 5.78 Å². The monoisotopic (exact) mass is 400 g/mol. The first kappa shape index (κ1) is 19.8. The summed E-state index contributed by atoms with van der Waals surface area (Å²) < 4.78 is 42.8. The summed E-state index contributed by atoms with van der Waals surface area (Å²) in [6.07, 6.45) is -1.15. The topological polar surface area (TPSA) is 61.8 Å². The molecule has 0 N–H and O–H groups in total. The van der Waals surface area contributed by atoms with Gasteiger partial charge in [0, 0.05) is 5.56 Å². The van der Waals surface area contributed by atoms with Gasteiger partial charge in [-0.2, -0.15) is 0 Å². The molecule has 0 saturated heterocycles. The molecule has 5 nitrogen and oxygen atoms in total. The van der Waals surface area contributed by atoms with Crippen LogP contribution in [0.15, 0.2) is 84.9 Å². The summed E-state index contributed by atoms with van der Waals surface area (Å²) in [5, 5.41) is 0. The van der Waals surface area contributed by atoms with Gasteiger partial charge in [-0.3, -0.25) is 9.32 Å². The van der Waals surface area contributed by atoms with Crippen LogP contribution in [0.2, 0.25) is 0 Å². The molecular formula is C21H18FO5P. The van der Waals surface area contributed by atoms with E-state index < -0.39 is 25.5 Å². The Hall–Kier alpha value is -2.95. The molecule has 0 aliphatic heterocycles. The molecule has 0 amide bonds. The Labute approximate surface area is 162 Å². The number of carbonyl (C=O) groups excluding carboxylic acids is 1. The van der Waals surface area contributed by atoms with Crippen LogP contribution in [0.3, 0.4) is 0 Å². The molecule has 0 unspecified atom stereocenters. The van der Waals surface area contributed by atoms with Crippen LogP contribution in [-0.2, 0) is 9.09 Å². The van der Waals surface area contributed by atoms with Crippen LogP contribution in [0.4, 0.5) is 4.39 Å². The van der Waals surface area contributed by atoms with E-state index in [9.17, 15) is 13.8 Å². The number of phosphoric acid groups is 1. The van der Waals surface area contributed by atoms with Gasteiger partial charge in [0.1, 0.15) is 23.4 Å². The molecule has 0 saturated carbocycles. The Morgan fingerprint density at radius 1 is 0.821 bits per heavy atom. The van der Waals surface area contributed by atoms with Crippen LogP contribution in [0.5, 0.6) is 11.5 Å². The van der Waals surface area contributed by atoms with E-state index in [-0.39, 0.29) is 17.1 Å². The van der Waals surface area contributed by atoms with Crippen LogP contribution in [0, 0.1) is 5.82 Å². The van der Waals surface area contributed by atoms with Gasteiger partial charge < -0.3 is 9.05 Å². The second-order valence-corrected chi connectivity index (χ2v) is 7.35. The number of ketones is 1. The fraction of sp³-hybridized carbons (Fsp3) is 0.0952. The van der Waals surface area contributed by atoms with Crippen LogP contribution in [-0.4, -0.2) is 11.9 Å². The lowest BCUT2D eigenvalue weighted by Gasteiger charge is -2.22. The van der Waals surface area contributed by atoms with Gasteiger partial charge in [-0.15, -0.1) is 0 Å². The molecule has 0 spiro atoms. The Morgan fingerprint density at radius 3 is 1.75 bits per heavy atom. The molecule has 0 radical (unpaired) electrons. The number of benzene rings is 3. The highest BCUT2D eigenvalue weighted by atomic mass is 31.2. The summed E-state index contributed by atoms with van der Waals surface area (Å²) in [4.78, 5) is 12.6. The largest absolute Gasteiger partial charge is 0.588 e. The number of para-hydroxylation sites is 2. The summed E-state index contributed by atoms with van der Waals surface area (Å²) in [7, 11) is -4.20. The zero-order valence-corrected chi connectivity index (χ0v) is 15.9.